The zero-order valence-corrected chi connectivity index (χ0v) is 9.52. The van der Waals surface area contributed by atoms with Crippen molar-refractivity contribution in [3.8, 4) is 0 Å². The van der Waals surface area contributed by atoms with Gasteiger partial charge in [-0.25, -0.2) is 4.79 Å². The molecule has 88 valence electrons. The minimum Gasteiger partial charge on any atom is -0.447 e. The SMILES string of the molecule is C[C@H]1[C@@H]2CCCC(=O)[C@H]2C[C@@H]2COC(=O)N21. The van der Waals surface area contributed by atoms with Gasteiger partial charge in [-0.1, -0.05) is 0 Å². The Balaban J connectivity index is 1.88. The molecule has 0 bridgehead atoms. The van der Waals surface area contributed by atoms with E-state index in [4.69, 9.17) is 4.74 Å². The van der Waals surface area contributed by atoms with Gasteiger partial charge in [0.05, 0.1) is 6.04 Å². The summed E-state index contributed by atoms with van der Waals surface area (Å²) in [5, 5.41) is 0. The van der Waals surface area contributed by atoms with Gasteiger partial charge in [-0.2, -0.15) is 0 Å². The van der Waals surface area contributed by atoms with Crippen LogP contribution >= 0.6 is 0 Å². The summed E-state index contributed by atoms with van der Waals surface area (Å²) in [7, 11) is 0. The Hall–Kier alpha value is -1.06. The zero-order valence-electron chi connectivity index (χ0n) is 9.52. The molecule has 3 fully saturated rings. The molecule has 4 nitrogen and oxygen atoms in total. The fourth-order valence-corrected chi connectivity index (χ4v) is 3.67. The van der Waals surface area contributed by atoms with E-state index >= 15 is 0 Å². The highest BCUT2D eigenvalue weighted by atomic mass is 16.6. The summed E-state index contributed by atoms with van der Waals surface area (Å²) < 4.78 is 5.09. The monoisotopic (exact) mass is 223 g/mol. The molecule has 1 amide bonds. The summed E-state index contributed by atoms with van der Waals surface area (Å²) in [4.78, 5) is 25.4. The molecule has 0 aromatic carbocycles. The maximum absolute atomic E-state index is 11.9. The van der Waals surface area contributed by atoms with E-state index in [0.29, 0.717) is 18.3 Å². The summed E-state index contributed by atoms with van der Waals surface area (Å²) in [6.07, 6.45) is 3.43. The fourth-order valence-electron chi connectivity index (χ4n) is 3.67. The highest BCUT2D eigenvalue weighted by Crippen LogP contribution is 2.42. The lowest BCUT2D eigenvalue weighted by molar-refractivity contribution is -0.131. The molecule has 0 aromatic heterocycles. The Morgan fingerprint density at radius 2 is 2.19 bits per heavy atom. The third kappa shape index (κ3) is 1.28. The summed E-state index contributed by atoms with van der Waals surface area (Å²) in [6, 6.07) is 0.314. The Morgan fingerprint density at radius 3 is 3.00 bits per heavy atom. The van der Waals surface area contributed by atoms with E-state index in [0.717, 1.165) is 25.7 Å². The number of carbonyl (C=O) groups is 2. The van der Waals surface area contributed by atoms with E-state index in [2.05, 4.69) is 6.92 Å². The van der Waals surface area contributed by atoms with Gasteiger partial charge in [0, 0.05) is 18.4 Å². The highest BCUT2D eigenvalue weighted by molar-refractivity contribution is 5.83. The number of rotatable bonds is 0. The van der Waals surface area contributed by atoms with Crippen molar-refractivity contribution < 1.29 is 14.3 Å². The molecule has 0 N–H and O–H groups in total. The van der Waals surface area contributed by atoms with Gasteiger partial charge in [-0.05, 0) is 32.1 Å². The normalized spacial score (nSPS) is 42.7. The smallest absolute Gasteiger partial charge is 0.410 e. The number of ether oxygens (including phenoxy) is 1. The first kappa shape index (κ1) is 10.1. The number of piperidine rings is 1. The lowest BCUT2D eigenvalue weighted by Crippen LogP contribution is -2.54. The third-order valence-electron chi connectivity index (χ3n) is 4.48. The van der Waals surface area contributed by atoms with Crippen LogP contribution in [0.25, 0.3) is 0 Å². The molecule has 2 saturated heterocycles. The van der Waals surface area contributed by atoms with E-state index in [9.17, 15) is 9.59 Å². The van der Waals surface area contributed by atoms with Gasteiger partial charge >= 0.3 is 6.09 Å². The van der Waals surface area contributed by atoms with Crippen LogP contribution in [-0.2, 0) is 9.53 Å². The molecule has 4 atom stereocenters. The molecular weight excluding hydrogens is 206 g/mol. The van der Waals surface area contributed by atoms with Crippen LogP contribution in [0.4, 0.5) is 4.79 Å². The number of fused-ring (bicyclic) bond motifs is 2. The van der Waals surface area contributed by atoms with Crippen LogP contribution in [-0.4, -0.2) is 35.5 Å². The lowest BCUT2D eigenvalue weighted by Gasteiger charge is -2.45. The lowest BCUT2D eigenvalue weighted by atomic mass is 9.69. The van der Waals surface area contributed by atoms with E-state index < -0.39 is 0 Å². The first-order chi connectivity index (χ1) is 7.68. The molecule has 0 unspecified atom stereocenters. The Labute approximate surface area is 94.9 Å². The molecule has 16 heavy (non-hydrogen) atoms. The molecule has 1 saturated carbocycles. The van der Waals surface area contributed by atoms with Crippen LogP contribution in [0.15, 0.2) is 0 Å². The first-order valence-corrected chi connectivity index (χ1v) is 6.16. The van der Waals surface area contributed by atoms with Crippen LogP contribution in [0.3, 0.4) is 0 Å². The predicted octanol–water partition coefficient (Wildman–Crippen LogP) is 1.58. The quantitative estimate of drug-likeness (QED) is 0.626. The standard InChI is InChI=1S/C12H17NO3/c1-7-9-3-2-4-11(14)10(9)5-8-6-16-12(15)13(7)8/h7-10H,2-6H2,1H3/t7-,8+,9-,10-/m0/s1. The first-order valence-electron chi connectivity index (χ1n) is 6.16. The van der Waals surface area contributed by atoms with Crippen molar-refractivity contribution in [1.29, 1.82) is 0 Å². The van der Waals surface area contributed by atoms with Gasteiger partial charge in [0.1, 0.15) is 12.4 Å². The van der Waals surface area contributed by atoms with Gasteiger partial charge in [0.15, 0.2) is 0 Å². The Bertz CT molecular complexity index is 341. The molecule has 3 aliphatic rings. The summed E-state index contributed by atoms with van der Waals surface area (Å²) in [6.45, 7) is 2.54. The van der Waals surface area contributed by atoms with Crippen LogP contribution < -0.4 is 0 Å². The van der Waals surface area contributed by atoms with Gasteiger partial charge < -0.3 is 4.74 Å². The number of carbonyl (C=O) groups excluding carboxylic acids is 2. The van der Waals surface area contributed by atoms with Crippen molar-refractivity contribution in [3.05, 3.63) is 0 Å². The van der Waals surface area contributed by atoms with Crippen LogP contribution in [0, 0.1) is 11.8 Å². The van der Waals surface area contributed by atoms with Crippen LogP contribution in [0.2, 0.25) is 0 Å². The number of Topliss-reactive ketones (excluding diaryl/α,β-unsaturated/α-hetero) is 1. The number of cyclic esters (lactones) is 1. The summed E-state index contributed by atoms with van der Waals surface area (Å²) >= 11 is 0. The third-order valence-corrected chi connectivity index (χ3v) is 4.48. The molecule has 0 radical (unpaired) electrons. The van der Waals surface area contributed by atoms with E-state index in [1.54, 1.807) is 0 Å². The maximum Gasteiger partial charge on any atom is 0.410 e. The van der Waals surface area contributed by atoms with Gasteiger partial charge in [-0.15, -0.1) is 0 Å². The second kappa shape index (κ2) is 3.47. The molecule has 0 spiro atoms. The second-order valence-electron chi connectivity index (χ2n) is 5.24. The minimum absolute atomic E-state index is 0.144. The largest absolute Gasteiger partial charge is 0.447 e. The van der Waals surface area contributed by atoms with Crippen molar-refractivity contribution in [3.63, 3.8) is 0 Å². The average Bonchev–Trinajstić information content (AvgIpc) is 2.63. The van der Waals surface area contributed by atoms with Crippen molar-refractivity contribution in [2.45, 2.75) is 44.7 Å². The summed E-state index contributed by atoms with van der Waals surface area (Å²) in [5.74, 6) is 0.949. The van der Waals surface area contributed by atoms with E-state index in [1.165, 1.54) is 0 Å². The van der Waals surface area contributed by atoms with Crippen molar-refractivity contribution in [2.24, 2.45) is 11.8 Å². The number of nitrogens with zero attached hydrogens (tertiary/aromatic N) is 1. The van der Waals surface area contributed by atoms with E-state index in [1.807, 2.05) is 4.90 Å². The Morgan fingerprint density at radius 1 is 1.38 bits per heavy atom. The predicted molar refractivity (Wildman–Crippen MR) is 56.9 cm³/mol. The minimum atomic E-state index is -0.186. The topological polar surface area (TPSA) is 46.6 Å². The Kier molecular flexibility index (Phi) is 2.19. The van der Waals surface area contributed by atoms with Crippen LogP contribution in [0.5, 0.6) is 0 Å². The van der Waals surface area contributed by atoms with Gasteiger partial charge in [0.25, 0.3) is 0 Å². The number of hydrogen-bond acceptors (Lipinski definition) is 3. The molecule has 2 heterocycles. The number of ketones is 1. The van der Waals surface area contributed by atoms with E-state index in [-0.39, 0.29) is 24.1 Å². The van der Waals surface area contributed by atoms with Gasteiger partial charge in [0.2, 0.25) is 0 Å². The zero-order chi connectivity index (χ0) is 11.3. The molecule has 4 heteroatoms. The maximum atomic E-state index is 11.9. The highest BCUT2D eigenvalue weighted by Gasteiger charge is 2.49. The van der Waals surface area contributed by atoms with Crippen molar-refractivity contribution in [1.82, 2.24) is 4.90 Å². The molecular formula is C12H17NO3. The molecule has 2 aliphatic heterocycles. The number of amides is 1. The average molecular weight is 223 g/mol. The molecule has 3 rings (SSSR count). The fraction of sp³-hybridized carbons (Fsp3) is 0.833. The van der Waals surface area contributed by atoms with Crippen molar-refractivity contribution >= 4 is 11.9 Å². The number of hydrogen-bond donors (Lipinski definition) is 0. The van der Waals surface area contributed by atoms with Crippen molar-refractivity contribution in [2.75, 3.05) is 6.61 Å². The summed E-state index contributed by atoms with van der Waals surface area (Å²) in [5.41, 5.74) is 0. The molecule has 0 aromatic rings. The molecule has 1 aliphatic carbocycles. The van der Waals surface area contributed by atoms with Gasteiger partial charge in [-0.3, -0.25) is 9.69 Å². The van der Waals surface area contributed by atoms with Crippen LogP contribution in [0.1, 0.15) is 32.6 Å². The second-order valence-corrected chi connectivity index (χ2v) is 5.24.